The van der Waals surface area contributed by atoms with E-state index in [0.717, 1.165) is 22.5 Å². The van der Waals surface area contributed by atoms with Gasteiger partial charge < -0.3 is 5.73 Å². The van der Waals surface area contributed by atoms with Gasteiger partial charge in [0, 0.05) is 17.4 Å². The second-order valence-electron chi connectivity index (χ2n) is 4.74. The van der Waals surface area contributed by atoms with E-state index >= 15 is 0 Å². The van der Waals surface area contributed by atoms with E-state index in [2.05, 4.69) is 4.98 Å². The van der Waals surface area contributed by atoms with Crippen molar-refractivity contribution in [2.45, 2.75) is 26.3 Å². The number of hydrogen-bond acceptors (Lipinski definition) is 2. The molecule has 2 aromatic rings. The minimum absolute atomic E-state index is 0.131. The number of halogens is 2. The Kier molecular flexibility index (Phi) is 4.17. The fourth-order valence-electron chi connectivity index (χ4n) is 2.12. The van der Waals surface area contributed by atoms with Crippen LogP contribution in [-0.4, -0.2) is 4.98 Å². The third-order valence-corrected chi connectivity index (χ3v) is 3.26. The van der Waals surface area contributed by atoms with E-state index in [1.165, 1.54) is 6.07 Å². The highest BCUT2D eigenvalue weighted by molar-refractivity contribution is 6.30. The van der Waals surface area contributed by atoms with Gasteiger partial charge in [-0.3, -0.25) is 4.98 Å². The summed E-state index contributed by atoms with van der Waals surface area (Å²) in [5, 5.41) is 0.131. The van der Waals surface area contributed by atoms with E-state index in [1.54, 1.807) is 12.1 Å². The van der Waals surface area contributed by atoms with Crippen molar-refractivity contribution < 1.29 is 4.39 Å². The summed E-state index contributed by atoms with van der Waals surface area (Å²) in [6.45, 7) is 3.88. The van der Waals surface area contributed by atoms with Crippen molar-refractivity contribution in [1.82, 2.24) is 4.98 Å². The van der Waals surface area contributed by atoms with Crippen molar-refractivity contribution in [3.8, 4) is 0 Å². The zero-order valence-corrected chi connectivity index (χ0v) is 11.7. The first kappa shape index (κ1) is 14.0. The zero-order chi connectivity index (χ0) is 14.0. The van der Waals surface area contributed by atoms with Crippen molar-refractivity contribution in [2.24, 2.45) is 5.73 Å². The lowest BCUT2D eigenvalue weighted by Gasteiger charge is -2.14. The normalized spacial score (nSPS) is 12.5. The van der Waals surface area contributed by atoms with Crippen LogP contribution < -0.4 is 5.73 Å². The summed E-state index contributed by atoms with van der Waals surface area (Å²) in [6.07, 6.45) is 0.614. The first-order valence-corrected chi connectivity index (χ1v) is 6.48. The molecular formula is C15H16ClFN2. The predicted octanol–water partition coefficient (Wildman–Crippen LogP) is 3.73. The topological polar surface area (TPSA) is 38.9 Å². The highest BCUT2D eigenvalue weighted by Crippen LogP contribution is 2.21. The third-order valence-electron chi connectivity index (χ3n) is 2.97. The molecule has 1 unspecified atom stereocenters. The number of nitrogens with zero attached hydrogens (tertiary/aromatic N) is 1. The first-order chi connectivity index (χ1) is 8.95. The van der Waals surface area contributed by atoms with Gasteiger partial charge in [0.05, 0.1) is 5.02 Å². The molecule has 2 nitrogen and oxygen atoms in total. The van der Waals surface area contributed by atoms with Crippen LogP contribution in [-0.2, 0) is 6.42 Å². The van der Waals surface area contributed by atoms with Crippen molar-refractivity contribution >= 4 is 11.6 Å². The molecule has 0 aliphatic heterocycles. The maximum atomic E-state index is 13.1. The van der Waals surface area contributed by atoms with E-state index in [1.807, 2.05) is 26.0 Å². The quantitative estimate of drug-likeness (QED) is 0.929. The molecule has 1 heterocycles. The molecule has 0 radical (unpaired) electrons. The van der Waals surface area contributed by atoms with Crippen molar-refractivity contribution in [1.29, 1.82) is 0 Å². The van der Waals surface area contributed by atoms with Gasteiger partial charge in [0.15, 0.2) is 0 Å². The van der Waals surface area contributed by atoms with Crippen LogP contribution in [0.1, 0.15) is 28.6 Å². The summed E-state index contributed by atoms with van der Waals surface area (Å²) in [7, 11) is 0. The molecule has 0 fully saturated rings. The number of rotatable bonds is 3. The van der Waals surface area contributed by atoms with Crippen LogP contribution in [0.3, 0.4) is 0 Å². The second kappa shape index (κ2) is 5.68. The number of pyridine rings is 1. The summed E-state index contributed by atoms with van der Waals surface area (Å²) in [5.41, 5.74) is 10.0. The van der Waals surface area contributed by atoms with Crippen LogP contribution in [0.2, 0.25) is 5.02 Å². The third kappa shape index (κ3) is 3.52. The SMILES string of the molecule is Cc1cc(C(N)Cc2ccc(F)c(Cl)c2)cc(C)n1. The Bertz CT molecular complexity index is 578. The van der Waals surface area contributed by atoms with Crippen molar-refractivity contribution in [3.63, 3.8) is 0 Å². The van der Waals surface area contributed by atoms with Crippen LogP contribution in [0, 0.1) is 19.7 Å². The fourth-order valence-corrected chi connectivity index (χ4v) is 2.32. The molecular weight excluding hydrogens is 263 g/mol. The van der Waals surface area contributed by atoms with Gasteiger partial charge >= 0.3 is 0 Å². The molecule has 0 bridgehead atoms. The van der Waals surface area contributed by atoms with Gasteiger partial charge in [-0.1, -0.05) is 17.7 Å². The van der Waals surface area contributed by atoms with E-state index < -0.39 is 5.82 Å². The lowest BCUT2D eigenvalue weighted by Crippen LogP contribution is -2.14. The molecule has 0 amide bonds. The summed E-state index contributed by atoms with van der Waals surface area (Å²) in [4.78, 5) is 4.32. The molecule has 0 saturated heterocycles. The van der Waals surface area contributed by atoms with Gasteiger partial charge in [0.2, 0.25) is 0 Å². The van der Waals surface area contributed by atoms with Gasteiger partial charge in [-0.2, -0.15) is 0 Å². The minimum atomic E-state index is -0.408. The fraction of sp³-hybridized carbons (Fsp3) is 0.267. The standard InChI is InChI=1S/C15H16ClFN2/c1-9-5-12(6-10(2)19-9)15(18)8-11-3-4-14(17)13(16)7-11/h3-7,15H,8,18H2,1-2H3. The Hall–Kier alpha value is -1.45. The molecule has 19 heavy (non-hydrogen) atoms. The highest BCUT2D eigenvalue weighted by atomic mass is 35.5. The summed E-state index contributed by atoms with van der Waals surface area (Å²) in [6, 6.07) is 8.50. The maximum Gasteiger partial charge on any atom is 0.141 e. The smallest absolute Gasteiger partial charge is 0.141 e. The molecule has 4 heteroatoms. The minimum Gasteiger partial charge on any atom is -0.324 e. The van der Waals surface area contributed by atoms with Crippen molar-refractivity contribution in [2.75, 3.05) is 0 Å². The summed E-state index contributed by atoms with van der Waals surface area (Å²) in [5.74, 6) is -0.408. The second-order valence-corrected chi connectivity index (χ2v) is 5.15. The molecule has 1 aromatic carbocycles. The molecule has 0 saturated carbocycles. The average molecular weight is 279 g/mol. The van der Waals surface area contributed by atoms with Gasteiger partial charge in [0.1, 0.15) is 5.82 Å². The Balaban J connectivity index is 2.20. The molecule has 2 N–H and O–H groups in total. The summed E-state index contributed by atoms with van der Waals surface area (Å²) < 4.78 is 13.1. The van der Waals surface area contributed by atoms with Crippen LogP contribution in [0.15, 0.2) is 30.3 Å². The number of nitrogens with two attached hydrogens (primary N) is 1. The Morgan fingerprint density at radius 1 is 1.21 bits per heavy atom. The number of benzene rings is 1. The molecule has 1 atom stereocenters. The van der Waals surface area contributed by atoms with Gasteiger partial charge in [0.25, 0.3) is 0 Å². The number of hydrogen-bond donors (Lipinski definition) is 1. The number of aryl methyl sites for hydroxylation is 2. The average Bonchev–Trinajstić information content (AvgIpc) is 2.32. The van der Waals surface area contributed by atoms with E-state index in [4.69, 9.17) is 17.3 Å². The van der Waals surface area contributed by atoms with Crippen LogP contribution >= 0.6 is 11.6 Å². The van der Waals surface area contributed by atoms with Crippen LogP contribution in [0.25, 0.3) is 0 Å². The van der Waals surface area contributed by atoms with Crippen LogP contribution in [0.4, 0.5) is 4.39 Å². The molecule has 0 aliphatic carbocycles. The zero-order valence-electron chi connectivity index (χ0n) is 11.0. The molecule has 1 aromatic heterocycles. The highest BCUT2D eigenvalue weighted by Gasteiger charge is 2.10. The van der Waals surface area contributed by atoms with Gasteiger partial charge in [-0.05, 0) is 55.7 Å². The maximum absolute atomic E-state index is 13.1. The Morgan fingerprint density at radius 2 is 1.84 bits per heavy atom. The van der Waals surface area contributed by atoms with E-state index in [0.29, 0.717) is 6.42 Å². The van der Waals surface area contributed by atoms with Crippen molar-refractivity contribution in [3.05, 3.63) is 63.7 Å². The van der Waals surface area contributed by atoms with Crippen LogP contribution in [0.5, 0.6) is 0 Å². The predicted molar refractivity (Wildman–Crippen MR) is 75.8 cm³/mol. The number of aromatic nitrogens is 1. The Morgan fingerprint density at radius 3 is 2.42 bits per heavy atom. The summed E-state index contributed by atoms with van der Waals surface area (Å²) >= 11 is 5.77. The first-order valence-electron chi connectivity index (χ1n) is 6.10. The van der Waals surface area contributed by atoms with Gasteiger partial charge in [-0.15, -0.1) is 0 Å². The lowest BCUT2D eigenvalue weighted by atomic mass is 9.99. The molecule has 0 spiro atoms. The molecule has 2 rings (SSSR count). The molecule has 100 valence electrons. The monoisotopic (exact) mass is 278 g/mol. The largest absolute Gasteiger partial charge is 0.324 e. The molecule has 0 aliphatic rings. The van der Waals surface area contributed by atoms with E-state index in [9.17, 15) is 4.39 Å². The lowest BCUT2D eigenvalue weighted by molar-refractivity contribution is 0.626. The Labute approximate surface area is 117 Å². The van der Waals surface area contributed by atoms with Gasteiger partial charge in [-0.25, -0.2) is 4.39 Å². The van der Waals surface area contributed by atoms with E-state index in [-0.39, 0.29) is 11.1 Å².